The minimum absolute atomic E-state index is 0.197. The van der Waals surface area contributed by atoms with E-state index in [-0.39, 0.29) is 19.2 Å². The summed E-state index contributed by atoms with van der Waals surface area (Å²) in [5.74, 6) is 1.46. The van der Waals surface area contributed by atoms with E-state index in [9.17, 15) is 9.59 Å². The third kappa shape index (κ3) is 3.97. The van der Waals surface area contributed by atoms with Gasteiger partial charge >= 0.3 is 5.97 Å². The molecule has 1 fully saturated rings. The van der Waals surface area contributed by atoms with E-state index in [1.54, 1.807) is 6.07 Å². The number of ketones is 1. The van der Waals surface area contributed by atoms with Crippen molar-refractivity contribution in [2.24, 2.45) is 0 Å². The number of Topliss-reactive ketones (excluding diaryl/α,β-unsaturated/α-hetero) is 1. The largest absolute Gasteiger partial charge is 0.454 e. The maximum atomic E-state index is 12.8. The molecular weight excluding hydrogens is 414 g/mol. The molecule has 1 aliphatic carbocycles. The van der Waals surface area contributed by atoms with Crippen LogP contribution < -0.4 is 9.47 Å². The number of aromatic nitrogens is 1. The predicted molar refractivity (Wildman–Crippen MR) is 116 cm³/mol. The fourth-order valence-corrected chi connectivity index (χ4v) is 4.95. The molecule has 5 rings (SSSR count). The highest BCUT2D eigenvalue weighted by molar-refractivity contribution is 7.14. The third-order valence-electron chi connectivity index (χ3n) is 5.79. The lowest BCUT2D eigenvalue weighted by Crippen LogP contribution is -2.14. The van der Waals surface area contributed by atoms with Crippen molar-refractivity contribution in [1.29, 1.82) is 0 Å². The van der Waals surface area contributed by atoms with Crippen molar-refractivity contribution in [3.05, 3.63) is 68.7 Å². The lowest BCUT2D eigenvalue weighted by molar-refractivity contribution is 0.0479. The molecule has 0 saturated heterocycles. The first-order chi connectivity index (χ1) is 15.0. The van der Waals surface area contributed by atoms with Gasteiger partial charge in [-0.1, -0.05) is 6.07 Å². The first kappa shape index (κ1) is 19.9. The summed E-state index contributed by atoms with van der Waals surface area (Å²) in [6.07, 6.45) is 2.38. The smallest absolute Gasteiger partial charge is 0.348 e. The number of fused-ring (bicyclic) bond motifs is 1. The number of aryl methyl sites for hydroxylation is 1. The molecule has 31 heavy (non-hydrogen) atoms. The Labute approximate surface area is 184 Å². The Morgan fingerprint density at radius 1 is 1.10 bits per heavy atom. The van der Waals surface area contributed by atoms with Gasteiger partial charge in [0.25, 0.3) is 0 Å². The number of carbonyl (C=O) groups is 2. The predicted octanol–water partition coefficient (Wildman–Crippen LogP) is 4.86. The highest BCUT2D eigenvalue weighted by atomic mass is 32.1. The fourth-order valence-electron chi connectivity index (χ4n) is 3.88. The molecule has 6 nitrogen and oxygen atoms in total. The van der Waals surface area contributed by atoms with E-state index in [1.165, 1.54) is 29.1 Å². The summed E-state index contributed by atoms with van der Waals surface area (Å²) in [4.78, 5) is 26.9. The van der Waals surface area contributed by atoms with Gasteiger partial charge in [-0.15, -0.1) is 11.3 Å². The molecule has 1 aliphatic heterocycles. The minimum Gasteiger partial charge on any atom is -0.454 e. The second kappa shape index (κ2) is 7.89. The van der Waals surface area contributed by atoms with Crippen LogP contribution in [0.15, 0.2) is 36.4 Å². The number of ether oxygens (including phenoxy) is 3. The van der Waals surface area contributed by atoms with Gasteiger partial charge in [-0.2, -0.15) is 0 Å². The van der Waals surface area contributed by atoms with Crippen LogP contribution in [0.1, 0.15) is 60.6 Å². The number of esters is 1. The minimum atomic E-state index is -0.431. The SMILES string of the molecule is Cc1cc(C(=O)COC(=O)c2ccc(C3CC3)s2)c(C)n1Cc1ccc2c(c1)OCO2. The van der Waals surface area contributed by atoms with E-state index < -0.39 is 5.97 Å². The third-order valence-corrected chi connectivity index (χ3v) is 7.02. The molecule has 2 aromatic heterocycles. The maximum Gasteiger partial charge on any atom is 0.348 e. The summed E-state index contributed by atoms with van der Waals surface area (Å²) in [6.45, 7) is 4.47. The molecule has 1 aromatic carbocycles. The molecule has 160 valence electrons. The van der Waals surface area contributed by atoms with Crippen LogP contribution in [-0.4, -0.2) is 29.7 Å². The Balaban J connectivity index is 1.25. The summed E-state index contributed by atoms with van der Waals surface area (Å²) in [6, 6.07) is 11.5. The van der Waals surface area contributed by atoms with Crippen molar-refractivity contribution in [3.8, 4) is 11.5 Å². The Bertz CT molecular complexity index is 1170. The number of thiophene rings is 1. The van der Waals surface area contributed by atoms with Gasteiger partial charge in [0.05, 0.1) is 0 Å². The molecule has 0 unspecified atom stereocenters. The van der Waals surface area contributed by atoms with Crippen molar-refractivity contribution in [3.63, 3.8) is 0 Å². The second-order valence-electron chi connectivity index (χ2n) is 8.03. The number of hydrogen-bond donors (Lipinski definition) is 0. The van der Waals surface area contributed by atoms with Crippen LogP contribution in [0.5, 0.6) is 11.5 Å². The zero-order valence-electron chi connectivity index (χ0n) is 17.5. The van der Waals surface area contributed by atoms with Gasteiger partial charge in [0.2, 0.25) is 12.6 Å². The van der Waals surface area contributed by atoms with Crippen LogP contribution in [0.2, 0.25) is 0 Å². The van der Waals surface area contributed by atoms with Crippen molar-refractivity contribution in [1.82, 2.24) is 4.57 Å². The number of rotatable bonds is 7. The van der Waals surface area contributed by atoms with Gasteiger partial charge < -0.3 is 18.8 Å². The molecule has 0 N–H and O–H groups in total. The van der Waals surface area contributed by atoms with Gasteiger partial charge in [0.15, 0.2) is 18.1 Å². The zero-order valence-corrected chi connectivity index (χ0v) is 18.3. The Morgan fingerprint density at radius 2 is 1.90 bits per heavy atom. The van der Waals surface area contributed by atoms with Gasteiger partial charge in [-0.25, -0.2) is 4.79 Å². The van der Waals surface area contributed by atoms with Gasteiger partial charge in [-0.3, -0.25) is 4.79 Å². The maximum absolute atomic E-state index is 12.8. The van der Waals surface area contributed by atoms with Gasteiger partial charge in [-0.05, 0) is 68.5 Å². The molecule has 0 bridgehead atoms. The van der Waals surface area contributed by atoms with Crippen molar-refractivity contribution in [2.45, 2.75) is 39.2 Å². The molecule has 7 heteroatoms. The summed E-state index contributed by atoms with van der Waals surface area (Å²) < 4.78 is 18.2. The van der Waals surface area contributed by atoms with Crippen LogP contribution in [0.4, 0.5) is 0 Å². The number of carbonyl (C=O) groups excluding carboxylic acids is 2. The summed E-state index contributed by atoms with van der Waals surface area (Å²) >= 11 is 1.47. The molecule has 3 heterocycles. The quantitative estimate of drug-likeness (QED) is 0.390. The summed E-state index contributed by atoms with van der Waals surface area (Å²) in [5.41, 5.74) is 3.46. The Hall–Kier alpha value is -3.06. The van der Waals surface area contributed by atoms with Crippen LogP contribution >= 0.6 is 11.3 Å². The van der Waals surface area contributed by atoms with E-state index in [0.29, 0.717) is 22.9 Å². The Kier molecular flexibility index (Phi) is 5.06. The molecular formula is C24H23NO5S. The topological polar surface area (TPSA) is 66.8 Å². The zero-order chi connectivity index (χ0) is 21.5. The monoisotopic (exact) mass is 437 g/mol. The lowest BCUT2D eigenvalue weighted by Gasteiger charge is -2.11. The first-order valence-electron chi connectivity index (χ1n) is 10.3. The number of nitrogens with zero attached hydrogens (tertiary/aromatic N) is 1. The van der Waals surface area contributed by atoms with E-state index in [1.807, 2.05) is 44.2 Å². The van der Waals surface area contributed by atoms with Gasteiger partial charge in [0, 0.05) is 28.4 Å². The first-order valence-corrected chi connectivity index (χ1v) is 11.2. The van der Waals surface area contributed by atoms with Crippen molar-refractivity contribution >= 4 is 23.1 Å². The standard InChI is InChI=1S/C24H23NO5S/c1-14-9-18(15(2)25(14)11-16-3-6-20-21(10-16)30-13-29-20)19(26)12-28-24(27)23-8-7-22(31-23)17-4-5-17/h3,6-10,17H,4-5,11-13H2,1-2H3. The van der Waals surface area contributed by atoms with Crippen molar-refractivity contribution in [2.75, 3.05) is 13.4 Å². The average Bonchev–Trinajstić information content (AvgIpc) is 3.19. The molecule has 2 aliphatic rings. The molecule has 1 saturated carbocycles. The normalized spacial score (nSPS) is 14.6. The highest BCUT2D eigenvalue weighted by Gasteiger charge is 2.26. The molecule has 0 atom stereocenters. The molecule has 0 spiro atoms. The lowest BCUT2D eigenvalue weighted by atomic mass is 10.1. The van der Waals surface area contributed by atoms with E-state index in [0.717, 1.165) is 28.5 Å². The van der Waals surface area contributed by atoms with E-state index >= 15 is 0 Å². The average molecular weight is 438 g/mol. The second-order valence-corrected chi connectivity index (χ2v) is 9.15. The Morgan fingerprint density at radius 3 is 2.71 bits per heavy atom. The molecule has 0 amide bonds. The van der Waals surface area contributed by atoms with Crippen LogP contribution in [0.25, 0.3) is 0 Å². The molecule has 3 aromatic rings. The summed E-state index contributed by atoms with van der Waals surface area (Å²) in [5, 5.41) is 0. The van der Waals surface area contributed by atoms with E-state index in [2.05, 4.69) is 4.57 Å². The van der Waals surface area contributed by atoms with Crippen molar-refractivity contribution < 1.29 is 23.8 Å². The van der Waals surface area contributed by atoms with E-state index in [4.69, 9.17) is 14.2 Å². The van der Waals surface area contributed by atoms with Gasteiger partial charge in [0.1, 0.15) is 4.88 Å². The number of hydrogen-bond acceptors (Lipinski definition) is 6. The van der Waals surface area contributed by atoms with Crippen LogP contribution in [0, 0.1) is 13.8 Å². The summed E-state index contributed by atoms with van der Waals surface area (Å²) in [7, 11) is 0. The number of benzene rings is 1. The molecule has 0 radical (unpaired) electrons. The highest BCUT2D eigenvalue weighted by Crippen LogP contribution is 2.43. The van der Waals surface area contributed by atoms with Crippen LogP contribution in [0.3, 0.4) is 0 Å². The fraction of sp³-hybridized carbons (Fsp3) is 0.333. The van der Waals surface area contributed by atoms with Crippen LogP contribution in [-0.2, 0) is 11.3 Å².